The van der Waals surface area contributed by atoms with Crippen molar-refractivity contribution in [3.8, 4) is 22.9 Å². The second-order valence-electron chi connectivity index (χ2n) is 6.64. The Kier molecular flexibility index (Phi) is 5.40. The molecule has 2 heterocycles. The van der Waals surface area contributed by atoms with E-state index in [2.05, 4.69) is 10.1 Å². The van der Waals surface area contributed by atoms with Gasteiger partial charge in [-0.1, -0.05) is 28.9 Å². The van der Waals surface area contributed by atoms with Crippen LogP contribution in [0.1, 0.15) is 25.2 Å². The molecular weight excluding hydrogens is 394 g/mol. The molecule has 1 fully saturated rings. The van der Waals surface area contributed by atoms with Gasteiger partial charge in [-0.15, -0.1) is 0 Å². The third-order valence-corrected chi connectivity index (χ3v) is 5.06. The maximum Gasteiger partial charge on any atom is 0.232 e. The highest BCUT2D eigenvalue weighted by Gasteiger charge is 2.35. The molecule has 1 aliphatic rings. The first-order valence-electron chi connectivity index (χ1n) is 9.29. The molecule has 2 aromatic carbocycles. The van der Waals surface area contributed by atoms with E-state index in [1.165, 1.54) is 0 Å². The summed E-state index contributed by atoms with van der Waals surface area (Å²) in [5.41, 5.74) is 1.52. The number of aromatic nitrogens is 2. The summed E-state index contributed by atoms with van der Waals surface area (Å²) in [6, 6.07) is 12.8. The Hall–Kier alpha value is -3.06. The minimum absolute atomic E-state index is 0.0191. The Bertz CT molecular complexity index is 1040. The van der Waals surface area contributed by atoms with E-state index in [0.717, 1.165) is 11.3 Å². The van der Waals surface area contributed by atoms with Crippen LogP contribution in [0, 0.1) is 0 Å². The van der Waals surface area contributed by atoms with Gasteiger partial charge in [0.2, 0.25) is 17.6 Å². The maximum absolute atomic E-state index is 12.6. The van der Waals surface area contributed by atoms with Crippen molar-refractivity contribution in [3.05, 3.63) is 53.4 Å². The Morgan fingerprint density at radius 1 is 1.28 bits per heavy atom. The number of methoxy groups -OCH3 is 1. The smallest absolute Gasteiger partial charge is 0.232 e. The van der Waals surface area contributed by atoms with Crippen molar-refractivity contribution in [3.63, 3.8) is 0 Å². The molecule has 3 aromatic rings. The number of rotatable bonds is 6. The normalized spacial score (nSPS) is 16.3. The van der Waals surface area contributed by atoms with E-state index in [9.17, 15) is 4.79 Å². The number of anilines is 1. The second-order valence-corrected chi connectivity index (χ2v) is 7.05. The predicted octanol–water partition coefficient (Wildman–Crippen LogP) is 4.32. The van der Waals surface area contributed by atoms with Crippen molar-refractivity contribution in [1.82, 2.24) is 10.1 Å². The third-order valence-electron chi connectivity index (χ3n) is 4.77. The highest BCUT2D eigenvalue weighted by atomic mass is 35.5. The van der Waals surface area contributed by atoms with Gasteiger partial charge in [0.1, 0.15) is 11.5 Å². The Labute approximate surface area is 173 Å². The molecule has 0 radical (unpaired) electrons. The standard InChI is InChI=1S/C21H20ClN3O4/c1-3-28-16-6-4-5-13(9-16)20-23-21(29-24-20)14-10-19(26)25(12-14)15-7-8-18(27-2)17(22)11-15/h4-9,11,14H,3,10,12H2,1-2H3. The first kappa shape index (κ1) is 19.3. The zero-order chi connectivity index (χ0) is 20.4. The first-order chi connectivity index (χ1) is 14.1. The summed E-state index contributed by atoms with van der Waals surface area (Å²) < 4.78 is 16.2. The molecule has 0 saturated carbocycles. The maximum atomic E-state index is 12.6. The summed E-state index contributed by atoms with van der Waals surface area (Å²) in [4.78, 5) is 18.8. The molecule has 1 unspecified atom stereocenters. The largest absolute Gasteiger partial charge is 0.495 e. The topological polar surface area (TPSA) is 77.7 Å². The summed E-state index contributed by atoms with van der Waals surface area (Å²) in [6.45, 7) is 2.95. The number of hydrogen-bond donors (Lipinski definition) is 0. The second kappa shape index (κ2) is 8.13. The van der Waals surface area contributed by atoms with Crippen molar-refractivity contribution in [2.24, 2.45) is 0 Å². The summed E-state index contributed by atoms with van der Waals surface area (Å²) in [5, 5.41) is 4.54. The molecule has 0 spiro atoms. The van der Waals surface area contributed by atoms with E-state index >= 15 is 0 Å². The van der Waals surface area contributed by atoms with Crippen LogP contribution in [0.3, 0.4) is 0 Å². The van der Waals surface area contributed by atoms with Crippen molar-refractivity contribution < 1.29 is 18.8 Å². The number of benzene rings is 2. The van der Waals surface area contributed by atoms with Gasteiger partial charge >= 0.3 is 0 Å². The zero-order valence-corrected chi connectivity index (χ0v) is 16.8. The van der Waals surface area contributed by atoms with Crippen molar-refractivity contribution in [1.29, 1.82) is 0 Å². The van der Waals surface area contributed by atoms with E-state index in [0.29, 0.717) is 47.7 Å². The summed E-state index contributed by atoms with van der Waals surface area (Å²) in [5.74, 6) is 2.02. The number of ether oxygens (including phenoxy) is 2. The lowest BCUT2D eigenvalue weighted by atomic mass is 10.1. The van der Waals surface area contributed by atoms with Gasteiger partial charge in [-0.3, -0.25) is 4.79 Å². The number of amides is 1. The monoisotopic (exact) mass is 413 g/mol. The van der Waals surface area contributed by atoms with E-state index in [4.69, 9.17) is 25.6 Å². The number of carbonyl (C=O) groups excluding carboxylic acids is 1. The Morgan fingerprint density at radius 3 is 2.90 bits per heavy atom. The van der Waals surface area contributed by atoms with Crippen LogP contribution < -0.4 is 14.4 Å². The Balaban J connectivity index is 1.53. The summed E-state index contributed by atoms with van der Waals surface area (Å²) >= 11 is 6.20. The average Bonchev–Trinajstić information content (AvgIpc) is 3.35. The minimum atomic E-state index is -0.181. The fraction of sp³-hybridized carbons (Fsp3) is 0.286. The number of nitrogens with zero attached hydrogens (tertiary/aromatic N) is 3. The molecule has 1 aromatic heterocycles. The summed E-state index contributed by atoms with van der Waals surface area (Å²) in [7, 11) is 1.55. The fourth-order valence-electron chi connectivity index (χ4n) is 3.36. The van der Waals surface area contributed by atoms with E-state index < -0.39 is 0 Å². The van der Waals surface area contributed by atoms with Gasteiger partial charge in [-0.05, 0) is 37.3 Å². The quantitative estimate of drug-likeness (QED) is 0.599. The van der Waals surface area contributed by atoms with Crippen LogP contribution >= 0.6 is 11.6 Å². The van der Waals surface area contributed by atoms with Crippen molar-refractivity contribution >= 4 is 23.2 Å². The van der Waals surface area contributed by atoms with Crippen LogP contribution in [0.5, 0.6) is 11.5 Å². The van der Waals surface area contributed by atoms with Gasteiger partial charge in [0.15, 0.2) is 0 Å². The summed E-state index contributed by atoms with van der Waals surface area (Å²) in [6.07, 6.45) is 0.296. The lowest BCUT2D eigenvalue weighted by Gasteiger charge is -2.17. The molecule has 150 valence electrons. The van der Waals surface area contributed by atoms with Crippen LogP contribution in [0.15, 0.2) is 47.0 Å². The molecular formula is C21H20ClN3O4. The van der Waals surface area contributed by atoms with Crippen molar-refractivity contribution in [2.75, 3.05) is 25.2 Å². The van der Waals surface area contributed by atoms with Gasteiger partial charge in [0.25, 0.3) is 0 Å². The SMILES string of the molecule is CCOc1cccc(-c2noc(C3CC(=O)N(c4ccc(OC)c(Cl)c4)C3)n2)c1. The Morgan fingerprint density at radius 2 is 2.14 bits per heavy atom. The molecule has 8 heteroatoms. The van der Waals surface area contributed by atoms with Gasteiger partial charge in [0.05, 0.1) is 24.7 Å². The van der Waals surface area contributed by atoms with E-state index in [-0.39, 0.29) is 11.8 Å². The van der Waals surface area contributed by atoms with Crippen molar-refractivity contribution in [2.45, 2.75) is 19.3 Å². The molecule has 1 atom stereocenters. The van der Waals surface area contributed by atoms with Crippen LogP contribution in [-0.2, 0) is 4.79 Å². The zero-order valence-electron chi connectivity index (χ0n) is 16.1. The van der Waals surface area contributed by atoms with Gasteiger partial charge in [-0.2, -0.15) is 4.98 Å². The molecule has 1 aliphatic heterocycles. The number of halogens is 1. The van der Waals surface area contributed by atoms with Crippen LogP contribution in [0.2, 0.25) is 5.02 Å². The molecule has 29 heavy (non-hydrogen) atoms. The average molecular weight is 414 g/mol. The predicted molar refractivity (Wildman–Crippen MR) is 109 cm³/mol. The highest BCUT2D eigenvalue weighted by Crippen LogP contribution is 2.35. The highest BCUT2D eigenvalue weighted by molar-refractivity contribution is 6.32. The van der Waals surface area contributed by atoms with Gasteiger partial charge in [-0.25, -0.2) is 0 Å². The van der Waals surface area contributed by atoms with E-state index in [1.54, 1.807) is 24.1 Å². The molecule has 1 saturated heterocycles. The first-order valence-corrected chi connectivity index (χ1v) is 9.67. The molecule has 0 N–H and O–H groups in total. The number of hydrogen-bond acceptors (Lipinski definition) is 6. The van der Waals surface area contributed by atoms with Gasteiger partial charge in [0, 0.05) is 24.2 Å². The number of carbonyl (C=O) groups is 1. The van der Waals surface area contributed by atoms with Crippen LogP contribution in [0.25, 0.3) is 11.4 Å². The molecule has 0 bridgehead atoms. The van der Waals surface area contributed by atoms with E-state index in [1.807, 2.05) is 37.3 Å². The van der Waals surface area contributed by atoms with Gasteiger partial charge < -0.3 is 18.9 Å². The van der Waals surface area contributed by atoms with Crippen LogP contribution in [-0.4, -0.2) is 36.3 Å². The lowest BCUT2D eigenvalue weighted by molar-refractivity contribution is -0.117. The molecule has 7 nitrogen and oxygen atoms in total. The molecule has 4 rings (SSSR count). The molecule has 0 aliphatic carbocycles. The van der Waals surface area contributed by atoms with Crippen LogP contribution in [0.4, 0.5) is 5.69 Å². The minimum Gasteiger partial charge on any atom is -0.495 e. The molecule has 1 amide bonds. The lowest BCUT2D eigenvalue weighted by Crippen LogP contribution is -2.24. The third kappa shape index (κ3) is 3.91. The fourth-order valence-corrected chi connectivity index (χ4v) is 3.61.